The molecule has 3 aromatic rings. The van der Waals surface area contributed by atoms with Gasteiger partial charge in [-0.25, -0.2) is 9.48 Å². The molecule has 2 aromatic carbocycles. The maximum atomic E-state index is 13.1. The number of thioether (sulfide) groups is 1. The molecule has 1 unspecified atom stereocenters. The number of allylic oxidation sites excluding steroid dienone is 2. The SMILES string of the molecule is C=C/C=C(/c1ccc(N)c(OC)c1)n1nc(C(=O)Nc2ccc(C(=O)NC(CCSC)C(=O)OC)cc2)cc1CC. The van der Waals surface area contributed by atoms with E-state index in [9.17, 15) is 14.4 Å². The van der Waals surface area contributed by atoms with Crippen LogP contribution < -0.4 is 21.1 Å². The number of carbonyl (C=O) groups is 3. The van der Waals surface area contributed by atoms with Crippen molar-refractivity contribution in [1.82, 2.24) is 15.1 Å². The summed E-state index contributed by atoms with van der Waals surface area (Å²) in [5.74, 6) is -0.0975. The molecular formula is C30H35N5O5S. The van der Waals surface area contributed by atoms with E-state index < -0.39 is 23.8 Å². The number of aryl methyl sites for hydroxylation is 1. The van der Waals surface area contributed by atoms with Gasteiger partial charge in [-0.3, -0.25) is 9.59 Å². The summed E-state index contributed by atoms with van der Waals surface area (Å²) in [6, 6.07) is 12.8. The Morgan fingerprint density at radius 2 is 1.80 bits per heavy atom. The fourth-order valence-electron chi connectivity index (χ4n) is 4.03. The van der Waals surface area contributed by atoms with Crippen LogP contribution >= 0.6 is 11.8 Å². The minimum absolute atomic E-state index is 0.218. The van der Waals surface area contributed by atoms with Crippen LogP contribution in [0.25, 0.3) is 5.70 Å². The summed E-state index contributed by atoms with van der Waals surface area (Å²) in [7, 11) is 2.83. The summed E-state index contributed by atoms with van der Waals surface area (Å²) in [4.78, 5) is 37.9. The molecule has 0 aliphatic heterocycles. The summed E-state index contributed by atoms with van der Waals surface area (Å²) in [6.45, 7) is 5.79. The first kappa shape index (κ1) is 31.0. The minimum Gasteiger partial charge on any atom is -0.495 e. The van der Waals surface area contributed by atoms with Gasteiger partial charge in [0, 0.05) is 22.5 Å². The van der Waals surface area contributed by atoms with Crippen LogP contribution in [0.1, 0.15) is 45.4 Å². The number of hydrogen-bond donors (Lipinski definition) is 3. The number of ether oxygens (including phenoxy) is 2. The molecule has 11 heteroatoms. The Kier molecular flexibility index (Phi) is 11.2. The van der Waals surface area contributed by atoms with Gasteiger partial charge in [0.1, 0.15) is 11.8 Å². The second kappa shape index (κ2) is 14.8. The Balaban J connectivity index is 1.78. The van der Waals surface area contributed by atoms with Crippen molar-refractivity contribution < 1.29 is 23.9 Å². The summed E-state index contributed by atoms with van der Waals surface area (Å²) >= 11 is 1.57. The monoisotopic (exact) mass is 577 g/mol. The van der Waals surface area contributed by atoms with E-state index in [4.69, 9.17) is 15.2 Å². The number of aromatic nitrogens is 2. The van der Waals surface area contributed by atoms with E-state index in [1.54, 1.807) is 78.2 Å². The van der Waals surface area contributed by atoms with E-state index in [1.165, 1.54) is 7.11 Å². The molecule has 41 heavy (non-hydrogen) atoms. The van der Waals surface area contributed by atoms with Crippen LogP contribution in [-0.4, -0.2) is 59.8 Å². The average molecular weight is 578 g/mol. The standard InChI is InChI=1S/C30H35N5O5S/c1-6-8-26(20-11-14-23(31)27(17-20)39-3)35-22(7-2)18-25(34-35)29(37)32-21-12-9-19(10-13-21)28(36)33-24(15-16-41-5)30(38)40-4/h6,8-14,17-18,24H,1,7,15-16,31H2,2-5H3,(H,32,37)(H,33,36)/b26-8-. The van der Waals surface area contributed by atoms with Crippen LogP contribution in [0.4, 0.5) is 11.4 Å². The predicted molar refractivity (Wildman–Crippen MR) is 163 cm³/mol. The fourth-order valence-corrected chi connectivity index (χ4v) is 4.50. The summed E-state index contributed by atoms with van der Waals surface area (Å²) in [6.07, 6.45) is 6.44. The van der Waals surface area contributed by atoms with Crippen LogP contribution in [0.5, 0.6) is 5.75 Å². The number of esters is 1. The molecule has 4 N–H and O–H groups in total. The number of anilines is 2. The maximum Gasteiger partial charge on any atom is 0.328 e. The largest absolute Gasteiger partial charge is 0.495 e. The van der Waals surface area contributed by atoms with Gasteiger partial charge in [0.15, 0.2) is 5.69 Å². The molecular weight excluding hydrogens is 542 g/mol. The fraction of sp³-hybridized carbons (Fsp3) is 0.267. The lowest BCUT2D eigenvalue weighted by molar-refractivity contribution is -0.142. The number of rotatable bonds is 13. The highest BCUT2D eigenvalue weighted by atomic mass is 32.2. The van der Waals surface area contributed by atoms with Crippen molar-refractivity contribution in [3.63, 3.8) is 0 Å². The van der Waals surface area contributed by atoms with Gasteiger partial charge in [-0.15, -0.1) is 0 Å². The molecule has 0 bridgehead atoms. The van der Waals surface area contributed by atoms with Gasteiger partial charge in [-0.1, -0.05) is 25.6 Å². The Hall–Kier alpha value is -4.51. The number of nitrogens with zero attached hydrogens (tertiary/aromatic N) is 2. The molecule has 0 spiro atoms. The molecule has 0 saturated heterocycles. The molecule has 216 valence electrons. The third kappa shape index (κ3) is 7.79. The normalized spacial score (nSPS) is 11.9. The first-order chi connectivity index (χ1) is 19.8. The van der Waals surface area contributed by atoms with Crippen molar-refractivity contribution >= 4 is 46.6 Å². The van der Waals surface area contributed by atoms with Crippen LogP contribution in [0.15, 0.2) is 67.3 Å². The van der Waals surface area contributed by atoms with Gasteiger partial charge in [0.2, 0.25) is 0 Å². The number of carbonyl (C=O) groups excluding carboxylic acids is 3. The second-order valence-electron chi connectivity index (χ2n) is 8.89. The third-order valence-electron chi connectivity index (χ3n) is 6.22. The summed E-state index contributed by atoms with van der Waals surface area (Å²) < 4.78 is 11.9. The van der Waals surface area contributed by atoms with Crippen LogP contribution in [0.2, 0.25) is 0 Å². The quantitative estimate of drug-likeness (QED) is 0.155. The molecule has 0 aliphatic rings. The Labute approximate surface area is 244 Å². The first-order valence-corrected chi connectivity index (χ1v) is 14.3. The van der Waals surface area contributed by atoms with Gasteiger partial charge >= 0.3 is 5.97 Å². The van der Waals surface area contributed by atoms with Gasteiger partial charge in [0.05, 0.1) is 25.6 Å². The Morgan fingerprint density at radius 1 is 1.10 bits per heavy atom. The lowest BCUT2D eigenvalue weighted by atomic mass is 10.1. The molecule has 0 fully saturated rings. The highest BCUT2D eigenvalue weighted by Crippen LogP contribution is 2.28. The number of amides is 2. The van der Waals surface area contributed by atoms with Crippen molar-refractivity contribution in [2.75, 3.05) is 37.3 Å². The van der Waals surface area contributed by atoms with Crippen LogP contribution in [0.3, 0.4) is 0 Å². The number of nitrogens with two attached hydrogens (primary N) is 1. The molecule has 1 atom stereocenters. The Bertz CT molecular complexity index is 1430. The van der Waals surface area contributed by atoms with Crippen LogP contribution in [-0.2, 0) is 16.0 Å². The predicted octanol–water partition coefficient (Wildman–Crippen LogP) is 4.39. The van der Waals surface area contributed by atoms with E-state index >= 15 is 0 Å². The van der Waals surface area contributed by atoms with Gasteiger partial charge in [0.25, 0.3) is 11.8 Å². The molecule has 1 heterocycles. The van der Waals surface area contributed by atoms with Crippen molar-refractivity contribution in [1.29, 1.82) is 0 Å². The van der Waals surface area contributed by atoms with E-state index in [-0.39, 0.29) is 5.69 Å². The van der Waals surface area contributed by atoms with E-state index in [2.05, 4.69) is 22.3 Å². The number of benzene rings is 2. The average Bonchev–Trinajstić information content (AvgIpc) is 3.42. The first-order valence-electron chi connectivity index (χ1n) is 12.9. The second-order valence-corrected chi connectivity index (χ2v) is 9.88. The molecule has 2 amide bonds. The van der Waals surface area contributed by atoms with E-state index in [0.717, 1.165) is 11.3 Å². The summed E-state index contributed by atoms with van der Waals surface area (Å²) in [5.41, 5.74) is 9.84. The molecule has 0 radical (unpaired) electrons. The van der Waals surface area contributed by atoms with Gasteiger partial charge in [-0.05, 0) is 73.4 Å². The molecule has 1 aromatic heterocycles. The van der Waals surface area contributed by atoms with E-state index in [0.29, 0.717) is 47.0 Å². The smallest absolute Gasteiger partial charge is 0.328 e. The summed E-state index contributed by atoms with van der Waals surface area (Å²) in [5, 5.41) is 10.1. The zero-order chi connectivity index (χ0) is 29.9. The van der Waals surface area contributed by atoms with Crippen molar-refractivity contribution in [3.8, 4) is 5.75 Å². The molecule has 3 rings (SSSR count). The van der Waals surface area contributed by atoms with E-state index in [1.807, 2.05) is 19.2 Å². The molecule has 0 saturated carbocycles. The topological polar surface area (TPSA) is 138 Å². The van der Waals surface area contributed by atoms with Crippen molar-refractivity contribution in [2.45, 2.75) is 25.8 Å². The molecule has 10 nitrogen and oxygen atoms in total. The highest BCUT2D eigenvalue weighted by molar-refractivity contribution is 7.98. The van der Waals surface area contributed by atoms with Crippen LogP contribution in [0, 0.1) is 0 Å². The zero-order valence-electron chi connectivity index (χ0n) is 23.6. The van der Waals surface area contributed by atoms with Gasteiger partial charge in [-0.2, -0.15) is 16.9 Å². The number of hydrogen-bond acceptors (Lipinski definition) is 8. The number of nitrogen functional groups attached to an aromatic ring is 1. The van der Waals surface area contributed by atoms with Gasteiger partial charge < -0.3 is 25.8 Å². The minimum atomic E-state index is -0.739. The highest BCUT2D eigenvalue weighted by Gasteiger charge is 2.22. The zero-order valence-corrected chi connectivity index (χ0v) is 24.4. The number of nitrogens with one attached hydrogen (secondary N) is 2. The Morgan fingerprint density at radius 3 is 2.41 bits per heavy atom. The lowest BCUT2D eigenvalue weighted by Crippen LogP contribution is -2.41. The maximum absolute atomic E-state index is 13.1. The number of methoxy groups -OCH3 is 2. The van der Waals surface area contributed by atoms with Crippen molar-refractivity contribution in [2.24, 2.45) is 0 Å². The molecule has 0 aliphatic carbocycles. The third-order valence-corrected chi connectivity index (χ3v) is 6.86. The lowest BCUT2D eigenvalue weighted by Gasteiger charge is -2.16. The van der Waals surface area contributed by atoms with Crippen molar-refractivity contribution in [3.05, 3.63) is 89.8 Å².